The Hall–Kier alpha value is -4.60. The molecule has 0 saturated carbocycles. The monoisotopic (exact) mass is 532 g/mol. The molecule has 1 aliphatic rings. The van der Waals surface area contributed by atoms with Crippen molar-refractivity contribution in [2.45, 2.75) is 18.6 Å². The standard InChI is InChI=1S/C29H23F3N4O3/c1-38-22-8-9-23(33-16-22)27-28-24(34-25-15-20(29(30,31)32)10-12-35(25)28)11-13-36(27)26(37)17-39-21-7-6-18-4-2-3-5-19(18)14-21/h2-10,12,14-16,27H,11,13,17H2,1H3. The normalized spacial score (nSPS) is 15.4. The van der Waals surface area contributed by atoms with Crippen LogP contribution in [0.5, 0.6) is 11.5 Å². The van der Waals surface area contributed by atoms with E-state index >= 15 is 0 Å². The number of aromatic nitrogens is 3. The van der Waals surface area contributed by atoms with Gasteiger partial charge in [0.2, 0.25) is 0 Å². The van der Waals surface area contributed by atoms with E-state index in [1.54, 1.807) is 27.6 Å². The van der Waals surface area contributed by atoms with E-state index in [-0.39, 0.29) is 18.2 Å². The molecule has 1 unspecified atom stereocenters. The number of halogens is 3. The molecule has 1 aliphatic heterocycles. The third-order valence-corrected chi connectivity index (χ3v) is 6.91. The lowest BCUT2D eigenvalue weighted by Crippen LogP contribution is -2.43. The summed E-state index contributed by atoms with van der Waals surface area (Å²) in [6.45, 7) is 0.0938. The second kappa shape index (κ2) is 9.61. The quantitative estimate of drug-likeness (QED) is 0.301. The van der Waals surface area contributed by atoms with Gasteiger partial charge in [-0.3, -0.25) is 9.78 Å². The van der Waals surface area contributed by atoms with Gasteiger partial charge in [0.25, 0.3) is 5.91 Å². The number of nitrogens with zero attached hydrogens (tertiary/aromatic N) is 4. The largest absolute Gasteiger partial charge is 0.495 e. The van der Waals surface area contributed by atoms with Gasteiger partial charge in [0.05, 0.1) is 36.0 Å². The first-order valence-electron chi connectivity index (χ1n) is 12.3. The highest BCUT2D eigenvalue weighted by molar-refractivity contribution is 5.84. The number of imidazole rings is 1. The predicted octanol–water partition coefficient (Wildman–Crippen LogP) is 5.46. The van der Waals surface area contributed by atoms with Crippen molar-refractivity contribution < 1.29 is 27.4 Å². The van der Waals surface area contributed by atoms with Gasteiger partial charge in [-0.1, -0.05) is 30.3 Å². The number of alkyl halides is 3. The molecule has 1 atom stereocenters. The molecular weight excluding hydrogens is 509 g/mol. The van der Waals surface area contributed by atoms with Crippen LogP contribution >= 0.6 is 0 Å². The van der Waals surface area contributed by atoms with E-state index in [9.17, 15) is 18.0 Å². The molecule has 6 rings (SSSR count). The number of benzene rings is 2. The topological polar surface area (TPSA) is 69.0 Å². The van der Waals surface area contributed by atoms with Crippen molar-refractivity contribution in [1.29, 1.82) is 0 Å². The second-order valence-corrected chi connectivity index (χ2v) is 9.25. The summed E-state index contributed by atoms with van der Waals surface area (Å²) in [5, 5.41) is 2.06. The summed E-state index contributed by atoms with van der Waals surface area (Å²) in [6, 6.07) is 18.3. The van der Waals surface area contributed by atoms with E-state index in [0.29, 0.717) is 41.5 Å². The highest BCUT2D eigenvalue weighted by atomic mass is 19.4. The Balaban J connectivity index is 1.35. The van der Waals surface area contributed by atoms with Gasteiger partial charge in [0, 0.05) is 19.2 Å². The zero-order valence-electron chi connectivity index (χ0n) is 20.9. The summed E-state index contributed by atoms with van der Waals surface area (Å²) in [7, 11) is 1.53. The van der Waals surface area contributed by atoms with Gasteiger partial charge in [0.1, 0.15) is 23.2 Å². The molecule has 0 radical (unpaired) electrons. The summed E-state index contributed by atoms with van der Waals surface area (Å²) in [5.74, 6) is 0.826. The Bertz CT molecular complexity index is 1680. The molecule has 5 aromatic rings. The molecule has 0 N–H and O–H groups in total. The highest BCUT2D eigenvalue weighted by Gasteiger charge is 2.38. The van der Waals surface area contributed by atoms with Crippen LogP contribution in [0.3, 0.4) is 0 Å². The van der Waals surface area contributed by atoms with E-state index in [0.717, 1.165) is 22.9 Å². The number of rotatable bonds is 5. The molecule has 10 heteroatoms. The zero-order chi connectivity index (χ0) is 27.1. The second-order valence-electron chi connectivity index (χ2n) is 9.25. The summed E-state index contributed by atoms with van der Waals surface area (Å²) in [5.41, 5.74) is 1.14. The fraction of sp³-hybridized carbons (Fsp3) is 0.207. The van der Waals surface area contributed by atoms with Crippen LogP contribution in [0.1, 0.15) is 28.7 Å². The molecule has 1 amide bonds. The van der Waals surface area contributed by atoms with Crippen molar-refractivity contribution in [2.24, 2.45) is 0 Å². The van der Waals surface area contributed by atoms with Crippen molar-refractivity contribution in [2.75, 3.05) is 20.3 Å². The number of hydrogen-bond donors (Lipinski definition) is 0. The maximum atomic E-state index is 13.6. The van der Waals surface area contributed by atoms with E-state index in [2.05, 4.69) is 9.97 Å². The number of hydrogen-bond acceptors (Lipinski definition) is 5. The van der Waals surface area contributed by atoms with E-state index in [1.807, 2.05) is 42.5 Å². The number of pyridine rings is 2. The minimum absolute atomic E-state index is 0.162. The number of amides is 1. The van der Waals surface area contributed by atoms with Gasteiger partial charge in [-0.2, -0.15) is 13.2 Å². The minimum Gasteiger partial charge on any atom is -0.495 e. The predicted molar refractivity (Wildman–Crippen MR) is 138 cm³/mol. The Morgan fingerprint density at radius 2 is 1.82 bits per heavy atom. The van der Waals surface area contributed by atoms with Crippen LogP contribution in [0.15, 0.2) is 79.1 Å². The summed E-state index contributed by atoms with van der Waals surface area (Å²) >= 11 is 0. The van der Waals surface area contributed by atoms with Crippen LogP contribution < -0.4 is 9.47 Å². The van der Waals surface area contributed by atoms with Crippen molar-refractivity contribution in [3.8, 4) is 11.5 Å². The molecule has 0 aliphatic carbocycles. The van der Waals surface area contributed by atoms with Gasteiger partial charge in [-0.05, 0) is 47.2 Å². The third kappa shape index (κ3) is 4.62. The number of ether oxygens (including phenoxy) is 2. The van der Waals surface area contributed by atoms with Crippen LogP contribution in [0.2, 0.25) is 0 Å². The van der Waals surface area contributed by atoms with Gasteiger partial charge in [-0.25, -0.2) is 4.98 Å². The fourth-order valence-electron chi connectivity index (χ4n) is 4.99. The molecule has 0 spiro atoms. The van der Waals surface area contributed by atoms with Gasteiger partial charge in [-0.15, -0.1) is 0 Å². The Kier molecular flexibility index (Phi) is 6.09. The number of carbonyl (C=O) groups is 1. The lowest BCUT2D eigenvalue weighted by Gasteiger charge is -2.35. The molecule has 39 heavy (non-hydrogen) atoms. The van der Waals surface area contributed by atoms with Crippen molar-refractivity contribution in [3.63, 3.8) is 0 Å². The first-order chi connectivity index (χ1) is 18.8. The maximum Gasteiger partial charge on any atom is 0.416 e. The SMILES string of the molecule is COc1ccc(C2c3c(nc4cc(C(F)(F)F)ccn34)CCN2C(=O)COc2ccc3ccccc3c2)nc1. The molecule has 0 bridgehead atoms. The molecule has 3 aromatic heterocycles. The lowest BCUT2D eigenvalue weighted by atomic mass is 9.98. The van der Waals surface area contributed by atoms with Crippen LogP contribution in [-0.2, 0) is 17.4 Å². The first kappa shape index (κ1) is 24.7. The Morgan fingerprint density at radius 1 is 1.03 bits per heavy atom. The summed E-state index contributed by atoms with van der Waals surface area (Å²) in [4.78, 5) is 24.2. The number of methoxy groups -OCH3 is 1. The van der Waals surface area contributed by atoms with Crippen LogP contribution in [0.4, 0.5) is 13.2 Å². The van der Waals surface area contributed by atoms with Crippen molar-refractivity contribution >= 4 is 22.3 Å². The third-order valence-electron chi connectivity index (χ3n) is 6.91. The number of carbonyl (C=O) groups excluding carboxylic acids is 1. The minimum atomic E-state index is -4.49. The van der Waals surface area contributed by atoms with E-state index < -0.39 is 17.8 Å². The molecule has 0 saturated heterocycles. The first-order valence-corrected chi connectivity index (χ1v) is 12.3. The van der Waals surface area contributed by atoms with Crippen LogP contribution in [-0.4, -0.2) is 45.4 Å². The smallest absolute Gasteiger partial charge is 0.416 e. The van der Waals surface area contributed by atoms with E-state index in [4.69, 9.17) is 9.47 Å². The van der Waals surface area contributed by atoms with Gasteiger partial charge >= 0.3 is 6.18 Å². The zero-order valence-corrected chi connectivity index (χ0v) is 20.9. The average molecular weight is 533 g/mol. The molecule has 4 heterocycles. The van der Waals surface area contributed by atoms with E-state index in [1.165, 1.54) is 13.3 Å². The maximum absolute atomic E-state index is 13.6. The summed E-state index contributed by atoms with van der Waals surface area (Å²) in [6.07, 6.45) is -1.22. The molecule has 0 fully saturated rings. The van der Waals surface area contributed by atoms with Crippen LogP contribution in [0.25, 0.3) is 16.4 Å². The van der Waals surface area contributed by atoms with Crippen molar-refractivity contribution in [3.05, 3.63) is 102 Å². The van der Waals surface area contributed by atoms with Gasteiger partial charge < -0.3 is 18.8 Å². The lowest BCUT2D eigenvalue weighted by molar-refractivity contribution is -0.137. The highest BCUT2D eigenvalue weighted by Crippen LogP contribution is 2.37. The van der Waals surface area contributed by atoms with Crippen molar-refractivity contribution in [1.82, 2.24) is 19.3 Å². The molecule has 2 aromatic carbocycles. The molecule has 7 nitrogen and oxygen atoms in total. The fourth-order valence-corrected chi connectivity index (χ4v) is 4.99. The Morgan fingerprint density at radius 3 is 2.56 bits per heavy atom. The van der Waals surface area contributed by atoms with Crippen LogP contribution in [0, 0.1) is 0 Å². The van der Waals surface area contributed by atoms with Gasteiger partial charge in [0.15, 0.2) is 6.61 Å². The average Bonchev–Trinajstić information content (AvgIpc) is 3.33. The number of fused-ring (bicyclic) bond motifs is 4. The molecular formula is C29H23F3N4O3. The molecule has 198 valence electrons. The summed E-state index contributed by atoms with van der Waals surface area (Å²) < 4.78 is 52.8. The Labute approximate surface area is 221 Å².